The Labute approximate surface area is 139 Å². The standard InChI is InChI=1S/C14H13BrINOS/c1-2-17(9-10-7-8-13(15)19-10)14(18)11-5-3-4-6-12(11)16/h3-8H,2,9H2,1H3. The molecule has 0 spiro atoms. The number of thiophene rings is 1. The molecule has 0 fully saturated rings. The number of carbonyl (C=O) groups is 1. The van der Waals surface area contributed by atoms with E-state index in [0.29, 0.717) is 13.1 Å². The topological polar surface area (TPSA) is 20.3 Å². The van der Waals surface area contributed by atoms with Crippen molar-refractivity contribution in [3.8, 4) is 0 Å². The van der Waals surface area contributed by atoms with Crippen molar-refractivity contribution in [2.75, 3.05) is 6.54 Å². The van der Waals surface area contributed by atoms with Gasteiger partial charge in [-0.3, -0.25) is 4.79 Å². The number of halogens is 2. The predicted molar refractivity (Wildman–Crippen MR) is 91.6 cm³/mol. The van der Waals surface area contributed by atoms with Crippen LogP contribution in [-0.4, -0.2) is 17.4 Å². The molecule has 19 heavy (non-hydrogen) atoms. The van der Waals surface area contributed by atoms with Gasteiger partial charge in [0, 0.05) is 15.0 Å². The Kier molecular flexibility index (Phi) is 5.41. The van der Waals surface area contributed by atoms with Gasteiger partial charge in [-0.2, -0.15) is 0 Å². The van der Waals surface area contributed by atoms with Gasteiger partial charge in [0.05, 0.1) is 15.9 Å². The Morgan fingerprint density at radius 3 is 2.63 bits per heavy atom. The van der Waals surface area contributed by atoms with Gasteiger partial charge in [-0.25, -0.2) is 0 Å². The quantitative estimate of drug-likeness (QED) is 0.615. The minimum atomic E-state index is 0.0945. The number of hydrogen-bond acceptors (Lipinski definition) is 2. The highest BCUT2D eigenvalue weighted by atomic mass is 127. The second-order valence-corrected chi connectivity index (χ2v) is 7.71. The van der Waals surface area contributed by atoms with Crippen molar-refractivity contribution in [1.29, 1.82) is 0 Å². The van der Waals surface area contributed by atoms with Crippen molar-refractivity contribution < 1.29 is 4.79 Å². The molecule has 0 unspecified atom stereocenters. The molecular formula is C14H13BrINOS. The van der Waals surface area contributed by atoms with Gasteiger partial charge in [0.25, 0.3) is 5.91 Å². The third kappa shape index (κ3) is 3.79. The fourth-order valence-corrected chi connectivity index (χ4v) is 3.87. The Morgan fingerprint density at radius 2 is 2.05 bits per heavy atom. The number of nitrogens with zero attached hydrogens (tertiary/aromatic N) is 1. The molecule has 1 aromatic heterocycles. The zero-order valence-corrected chi connectivity index (χ0v) is 15.0. The maximum Gasteiger partial charge on any atom is 0.255 e. The van der Waals surface area contributed by atoms with Gasteiger partial charge < -0.3 is 4.90 Å². The zero-order chi connectivity index (χ0) is 13.8. The van der Waals surface area contributed by atoms with Crippen LogP contribution in [0.25, 0.3) is 0 Å². The van der Waals surface area contributed by atoms with Crippen molar-refractivity contribution >= 4 is 55.8 Å². The van der Waals surface area contributed by atoms with E-state index in [0.717, 1.165) is 12.9 Å². The van der Waals surface area contributed by atoms with Crippen molar-refractivity contribution in [2.45, 2.75) is 13.5 Å². The zero-order valence-electron chi connectivity index (χ0n) is 10.4. The fraction of sp³-hybridized carbons (Fsp3) is 0.214. The van der Waals surface area contributed by atoms with Crippen LogP contribution in [0.4, 0.5) is 0 Å². The summed E-state index contributed by atoms with van der Waals surface area (Å²) in [5.41, 5.74) is 0.778. The normalized spacial score (nSPS) is 10.5. The van der Waals surface area contributed by atoms with E-state index in [-0.39, 0.29) is 5.91 Å². The molecule has 0 saturated heterocycles. The maximum atomic E-state index is 12.5. The van der Waals surface area contributed by atoms with Gasteiger partial charge in [0.1, 0.15) is 0 Å². The van der Waals surface area contributed by atoms with E-state index in [1.165, 1.54) is 4.88 Å². The second kappa shape index (κ2) is 6.85. The molecule has 0 bridgehead atoms. The summed E-state index contributed by atoms with van der Waals surface area (Å²) in [6, 6.07) is 11.8. The fourth-order valence-electron chi connectivity index (χ4n) is 1.76. The van der Waals surface area contributed by atoms with Crippen LogP contribution in [0.3, 0.4) is 0 Å². The molecule has 1 aromatic carbocycles. The van der Waals surface area contributed by atoms with E-state index < -0.39 is 0 Å². The summed E-state index contributed by atoms with van der Waals surface area (Å²) in [7, 11) is 0. The lowest BCUT2D eigenvalue weighted by molar-refractivity contribution is 0.0753. The highest BCUT2D eigenvalue weighted by Gasteiger charge is 2.17. The van der Waals surface area contributed by atoms with Gasteiger partial charge in [-0.05, 0) is 69.7 Å². The largest absolute Gasteiger partial charge is 0.334 e. The number of benzene rings is 1. The SMILES string of the molecule is CCN(Cc1ccc(Br)s1)C(=O)c1ccccc1I. The molecule has 1 heterocycles. The number of amides is 1. The molecule has 2 nitrogen and oxygen atoms in total. The van der Waals surface area contributed by atoms with E-state index in [1.54, 1.807) is 11.3 Å². The molecule has 0 radical (unpaired) electrons. The van der Waals surface area contributed by atoms with E-state index in [1.807, 2.05) is 42.2 Å². The Bertz CT molecular complexity index is 584. The van der Waals surface area contributed by atoms with Crippen molar-refractivity contribution in [2.24, 2.45) is 0 Å². The highest BCUT2D eigenvalue weighted by molar-refractivity contribution is 14.1. The molecule has 0 N–H and O–H groups in total. The van der Waals surface area contributed by atoms with Crippen LogP contribution in [0.2, 0.25) is 0 Å². The molecule has 2 aromatic rings. The van der Waals surface area contributed by atoms with Gasteiger partial charge >= 0.3 is 0 Å². The lowest BCUT2D eigenvalue weighted by Crippen LogP contribution is -2.30. The molecule has 0 aliphatic rings. The minimum Gasteiger partial charge on any atom is -0.334 e. The van der Waals surface area contributed by atoms with Crippen LogP contribution in [-0.2, 0) is 6.54 Å². The second-order valence-electron chi connectivity index (χ2n) is 4.00. The predicted octanol–water partition coefficient (Wildman–Crippen LogP) is 4.78. The number of carbonyl (C=O) groups excluding carboxylic acids is 1. The third-order valence-electron chi connectivity index (χ3n) is 2.75. The highest BCUT2D eigenvalue weighted by Crippen LogP contribution is 2.24. The van der Waals surface area contributed by atoms with Crippen LogP contribution in [0, 0.1) is 3.57 Å². The van der Waals surface area contributed by atoms with Gasteiger partial charge in [0.15, 0.2) is 0 Å². The molecule has 0 aliphatic carbocycles. The average molecular weight is 450 g/mol. The maximum absolute atomic E-state index is 12.5. The first kappa shape index (κ1) is 15.0. The summed E-state index contributed by atoms with van der Waals surface area (Å²) in [6.07, 6.45) is 0. The van der Waals surface area contributed by atoms with Crippen LogP contribution < -0.4 is 0 Å². The minimum absolute atomic E-state index is 0.0945. The van der Waals surface area contributed by atoms with E-state index in [4.69, 9.17) is 0 Å². The third-order valence-corrected chi connectivity index (χ3v) is 5.30. The molecule has 0 atom stereocenters. The van der Waals surface area contributed by atoms with Gasteiger partial charge in [0.2, 0.25) is 0 Å². The molecular weight excluding hydrogens is 437 g/mol. The van der Waals surface area contributed by atoms with Crippen LogP contribution in [0.5, 0.6) is 0 Å². The number of hydrogen-bond donors (Lipinski definition) is 0. The van der Waals surface area contributed by atoms with E-state index in [2.05, 4.69) is 44.6 Å². The van der Waals surface area contributed by atoms with Crippen LogP contribution in [0.1, 0.15) is 22.2 Å². The molecule has 5 heteroatoms. The average Bonchev–Trinajstić information content (AvgIpc) is 2.81. The van der Waals surface area contributed by atoms with Crippen LogP contribution in [0.15, 0.2) is 40.2 Å². The first-order chi connectivity index (χ1) is 9.11. The van der Waals surface area contributed by atoms with Crippen molar-refractivity contribution in [3.63, 3.8) is 0 Å². The number of rotatable bonds is 4. The van der Waals surface area contributed by atoms with Crippen molar-refractivity contribution in [3.05, 3.63) is 54.2 Å². The lowest BCUT2D eigenvalue weighted by Gasteiger charge is -2.20. The molecule has 0 saturated carbocycles. The molecule has 1 amide bonds. The molecule has 0 aliphatic heterocycles. The summed E-state index contributed by atoms with van der Waals surface area (Å²) in [4.78, 5) is 15.6. The smallest absolute Gasteiger partial charge is 0.255 e. The summed E-state index contributed by atoms with van der Waals surface area (Å²) < 4.78 is 2.09. The summed E-state index contributed by atoms with van der Waals surface area (Å²) in [6.45, 7) is 3.38. The molecule has 2 rings (SSSR count). The first-order valence-corrected chi connectivity index (χ1v) is 8.58. The summed E-state index contributed by atoms with van der Waals surface area (Å²) in [5, 5.41) is 0. The van der Waals surface area contributed by atoms with Gasteiger partial charge in [-0.1, -0.05) is 12.1 Å². The monoisotopic (exact) mass is 449 g/mol. The van der Waals surface area contributed by atoms with Crippen molar-refractivity contribution in [1.82, 2.24) is 4.90 Å². The van der Waals surface area contributed by atoms with Gasteiger partial charge in [-0.15, -0.1) is 11.3 Å². The Balaban J connectivity index is 2.18. The molecule has 100 valence electrons. The van der Waals surface area contributed by atoms with Crippen LogP contribution >= 0.6 is 49.9 Å². The summed E-state index contributed by atoms with van der Waals surface area (Å²) >= 11 is 7.33. The van der Waals surface area contributed by atoms with E-state index in [9.17, 15) is 4.79 Å². The Morgan fingerprint density at radius 1 is 1.32 bits per heavy atom. The lowest BCUT2D eigenvalue weighted by atomic mass is 10.2. The first-order valence-electron chi connectivity index (χ1n) is 5.90. The van der Waals surface area contributed by atoms with E-state index >= 15 is 0 Å². The Hall–Kier alpha value is -0.400. The summed E-state index contributed by atoms with van der Waals surface area (Å²) in [5.74, 6) is 0.0945.